The summed E-state index contributed by atoms with van der Waals surface area (Å²) in [6, 6.07) is 10.4. The average molecular weight is 399 g/mol. The lowest BCUT2D eigenvalue weighted by Crippen LogP contribution is -2.29. The first-order valence-corrected chi connectivity index (χ1v) is 9.43. The van der Waals surface area contributed by atoms with E-state index >= 15 is 0 Å². The quantitative estimate of drug-likeness (QED) is 0.662. The van der Waals surface area contributed by atoms with Gasteiger partial charge in [0, 0.05) is 42.2 Å². The average Bonchev–Trinajstić information content (AvgIpc) is 2.74. The zero-order chi connectivity index (χ0) is 20.3. The third-order valence-corrected chi connectivity index (χ3v) is 4.87. The van der Waals surface area contributed by atoms with E-state index in [1.807, 2.05) is 12.1 Å². The normalized spacial score (nSPS) is 17.1. The highest BCUT2D eigenvalue weighted by atomic mass is 19.4. The molecule has 1 unspecified atom stereocenters. The molecular formula is C21H20F3N5. The predicted octanol–water partition coefficient (Wildman–Crippen LogP) is 4.77. The number of pyridine rings is 1. The van der Waals surface area contributed by atoms with Crippen LogP contribution in [0, 0.1) is 0 Å². The number of alkyl halides is 3. The fraction of sp³-hybridized carbons (Fsp3) is 0.286. The van der Waals surface area contributed by atoms with E-state index in [-0.39, 0.29) is 5.92 Å². The molecule has 3 heterocycles. The molecule has 0 saturated carbocycles. The Morgan fingerprint density at radius 1 is 1.00 bits per heavy atom. The minimum Gasteiger partial charge on any atom is -0.340 e. The SMILES string of the molecule is FC(F)(F)c1ccc(Nc2cc(-c3ccncc3)nc(C3CCCNC3)n2)cc1. The summed E-state index contributed by atoms with van der Waals surface area (Å²) in [6.45, 7) is 1.79. The third kappa shape index (κ3) is 4.71. The number of rotatable bonds is 4. The van der Waals surface area contributed by atoms with E-state index in [1.165, 1.54) is 12.1 Å². The summed E-state index contributed by atoms with van der Waals surface area (Å²) < 4.78 is 38.4. The first-order chi connectivity index (χ1) is 14.0. The smallest absolute Gasteiger partial charge is 0.340 e. The van der Waals surface area contributed by atoms with Crippen molar-refractivity contribution in [3.63, 3.8) is 0 Å². The molecular weight excluding hydrogens is 379 g/mol. The summed E-state index contributed by atoms with van der Waals surface area (Å²) in [6.07, 6.45) is 1.08. The molecule has 5 nitrogen and oxygen atoms in total. The van der Waals surface area contributed by atoms with Crippen LogP contribution < -0.4 is 10.6 Å². The Morgan fingerprint density at radius 3 is 2.41 bits per heavy atom. The highest BCUT2D eigenvalue weighted by Gasteiger charge is 2.30. The molecule has 1 fully saturated rings. The predicted molar refractivity (Wildman–Crippen MR) is 105 cm³/mol. The van der Waals surface area contributed by atoms with Crippen LogP contribution in [0.2, 0.25) is 0 Å². The zero-order valence-corrected chi connectivity index (χ0v) is 15.6. The van der Waals surface area contributed by atoms with Crippen molar-refractivity contribution >= 4 is 11.5 Å². The summed E-state index contributed by atoms with van der Waals surface area (Å²) in [7, 11) is 0. The highest BCUT2D eigenvalue weighted by Crippen LogP contribution is 2.31. The molecule has 1 atom stereocenters. The molecule has 0 aliphatic carbocycles. The summed E-state index contributed by atoms with van der Waals surface area (Å²) in [4.78, 5) is 13.4. The van der Waals surface area contributed by atoms with Gasteiger partial charge in [0.25, 0.3) is 0 Å². The molecule has 0 radical (unpaired) electrons. The lowest BCUT2D eigenvalue weighted by molar-refractivity contribution is -0.137. The van der Waals surface area contributed by atoms with Gasteiger partial charge in [0.1, 0.15) is 11.6 Å². The van der Waals surface area contributed by atoms with Crippen LogP contribution in [0.3, 0.4) is 0 Å². The van der Waals surface area contributed by atoms with E-state index in [2.05, 4.69) is 20.6 Å². The molecule has 1 aliphatic heterocycles. The van der Waals surface area contributed by atoms with Gasteiger partial charge in [-0.1, -0.05) is 0 Å². The Hall–Kier alpha value is -3.00. The van der Waals surface area contributed by atoms with Crippen molar-refractivity contribution in [3.8, 4) is 11.3 Å². The van der Waals surface area contributed by atoms with E-state index in [0.29, 0.717) is 11.5 Å². The molecule has 1 aromatic carbocycles. The van der Waals surface area contributed by atoms with Gasteiger partial charge < -0.3 is 10.6 Å². The second-order valence-corrected chi connectivity index (χ2v) is 6.98. The molecule has 150 valence electrons. The second kappa shape index (κ2) is 8.16. The van der Waals surface area contributed by atoms with Crippen LogP contribution in [0.15, 0.2) is 54.9 Å². The highest BCUT2D eigenvalue weighted by molar-refractivity contribution is 5.65. The molecule has 0 amide bonds. The topological polar surface area (TPSA) is 62.7 Å². The first kappa shape index (κ1) is 19.3. The number of benzene rings is 1. The van der Waals surface area contributed by atoms with E-state index < -0.39 is 11.7 Å². The molecule has 3 aromatic rings. The molecule has 0 spiro atoms. The number of anilines is 2. The van der Waals surface area contributed by atoms with Crippen molar-refractivity contribution in [2.75, 3.05) is 18.4 Å². The van der Waals surface area contributed by atoms with Crippen LogP contribution in [-0.4, -0.2) is 28.0 Å². The molecule has 4 rings (SSSR count). The van der Waals surface area contributed by atoms with Gasteiger partial charge in [-0.25, -0.2) is 9.97 Å². The maximum atomic E-state index is 12.8. The number of piperidine rings is 1. The van der Waals surface area contributed by atoms with E-state index in [4.69, 9.17) is 4.98 Å². The number of hydrogen-bond acceptors (Lipinski definition) is 5. The van der Waals surface area contributed by atoms with Crippen LogP contribution >= 0.6 is 0 Å². The minimum atomic E-state index is -4.36. The Morgan fingerprint density at radius 2 is 1.76 bits per heavy atom. The summed E-state index contributed by atoms with van der Waals surface area (Å²) in [5.74, 6) is 1.46. The number of nitrogens with zero attached hydrogens (tertiary/aromatic N) is 3. The van der Waals surface area contributed by atoms with Crippen LogP contribution in [0.25, 0.3) is 11.3 Å². The number of halogens is 3. The van der Waals surface area contributed by atoms with Gasteiger partial charge in [-0.3, -0.25) is 4.98 Å². The Bertz CT molecular complexity index is 952. The fourth-order valence-electron chi connectivity index (χ4n) is 3.35. The summed E-state index contributed by atoms with van der Waals surface area (Å²) >= 11 is 0. The Kier molecular flexibility index (Phi) is 5.44. The summed E-state index contributed by atoms with van der Waals surface area (Å²) in [5.41, 5.74) is 1.50. The largest absolute Gasteiger partial charge is 0.416 e. The molecule has 1 saturated heterocycles. The maximum absolute atomic E-state index is 12.8. The van der Waals surface area contributed by atoms with Gasteiger partial charge in [-0.05, 0) is 55.8 Å². The van der Waals surface area contributed by atoms with Gasteiger partial charge in [0.2, 0.25) is 0 Å². The maximum Gasteiger partial charge on any atom is 0.416 e. The zero-order valence-electron chi connectivity index (χ0n) is 15.6. The van der Waals surface area contributed by atoms with E-state index in [9.17, 15) is 13.2 Å². The Labute approximate surface area is 166 Å². The molecule has 2 N–H and O–H groups in total. The van der Waals surface area contributed by atoms with Gasteiger partial charge in [-0.2, -0.15) is 13.2 Å². The Balaban J connectivity index is 1.66. The van der Waals surface area contributed by atoms with Gasteiger partial charge in [0.05, 0.1) is 11.3 Å². The number of hydrogen-bond donors (Lipinski definition) is 2. The number of aromatic nitrogens is 3. The van der Waals surface area contributed by atoms with Crippen molar-refractivity contribution in [2.24, 2.45) is 0 Å². The van der Waals surface area contributed by atoms with Gasteiger partial charge >= 0.3 is 6.18 Å². The van der Waals surface area contributed by atoms with Crippen molar-refractivity contribution < 1.29 is 13.2 Å². The second-order valence-electron chi connectivity index (χ2n) is 6.98. The lowest BCUT2D eigenvalue weighted by Gasteiger charge is -2.22. The molecule has 0 bridgehead atoms. The minimum absolute atomic E-state index is 0.193. The third-order valence-electron chi connectivity index (χ3n) is 4.87. The first-order valence-electron chi connectivity index (χ1n) is 9.43. The number of nitrogens with one attached hydrogen (secondary N) is 2. The standard InChI is InChI=1S/C21H20F3N5/c22-21(23,24)16-3-5-17(6-4-16)27-19-12-18(14-7-10-25-11-8-14)28-20(29-19)15-2-1-9-26-13-15/h3-8,10-12,15,26H,1-2,9,13H2,(H,27,28,29). The van der Waals surface area contributed by atoms with Crippen molar-refractivity contribution in [1.29, 1.82) is 0 Å². The lowest BCUT2D eigenvalue weighted by atomic mass is 9.98. The van der Waals surface area contributed by atoms with Gasteiger partial charge in [0.15, 0.2) is 0 Å². The van der Waals surface area contributed by atoms with Crippen LogP contribution in [0.1, 0.15) is 30.1 Å². The van der Waals surface area contributed by atoms with Crippen molar-refractivity contribution in [3.05, 3.63) is 66.2 Å². The van der Waals surface area contributed by atoms with Crippen LogP contribution in [-0.2, 0) is 6.18 Å². The fourth-order valence-corrected chi connectivity index (χ4v) is 3.35. The van der Waals surface area contributed by atoms with Gasteiger partial charge in [-0.15, -0.1) is 0 Å². The van der Waals surface area contributed by atoms with E-state index in [1.54, 1.807) is 18.5 Å². The molecule has 8 heteroatoms. The van der Waals surface area contributed by atoms with E-state index in [0.717, 1.165) is 55.1 Å². The molecule has 2 aromatic heterocycles. The van der Waals surface area contributed by atoms with Crippen LogP contribution in [0.4, 0.5) is 24.7 Å². The monoisotopic (exact) mass is 399 g/mol. The van der Waals surface area contributed by atoms with Crippen molar-refractivity contribution in [1.82, 2.24) is 20.3 Å². The van der Waals surface area contributed by atoms with Crippen molar-refractivity contribution in [2.45, 2.75) is 24.9 Å². The molecule has 1 aliphatic rings. The molecule has 29 heavy (non-hydrogen) atoms. The van der Waals surface area contributed by atoms with Crippen LogP contribution in [0.5, 0.6) is 0 Å². The summed E-state index contributed by atoms with van der Waals surface area (Å²) in [5, 5.41) is 6.48.